The molecule has 142 valence electrons. The van der Waals surface area contributed by atoms with E-state index in [1.807, 2.05) is 30.7 Å². The number of fused-ring (bicyclic) bond motifs is 1. The fraction of sp³-hybridized carbons (Fsp3) is 0.632. The van der Waals surface area contributed by atoms with Gasteiger partial charge in [0.2, 0.25) is 0 Å². The predicted molar refractivity (Wildman–Crippen MR) is 98.9 cm³/mol. The van der Waals surface area contributed by atoms with Gasteiger partial charge >= 0.3 is 0 Å². The van der Waals surface area contributed by atoms with Crippen LogP contribution in [-0.2, 0) is 11.3 Å². The van der Waals surface area contributed by atoms with Crippen molar-refractivity contribution in [3.63, 3.8) is 0 Å². The first kappa shape index (κ1) is 18.8. The zero-order valence-corrected chi connectivity index (χ0v) is 15.6. The lowest BCUT2D eigenvalue weighted by atomic mass is 9.90. The summed E-state index contributed by atoms with van der Waals surface area (Å²) < 4.78 is 7.28. The Morgan fingerprint density at radius 1 is 1.42 bits per heavy atom. The maximum atomic E-state index is 12.7. The molecule has 0 aromatic carbocycles. The van der Waals surface area contributed by atoms with E-state index in [1.54, 1.807) is 6.20 Å². The number of hydrogen-bond donors (Lipinski definition) is 2. The molecule has 2 aromatic heterocycles. The van der Waals surface area contributed by atoms with E-state index in [0.717, 1.165) is 43.6 Å². The molecule has 26 heavy (non-hydrogen) atoms. The van der Waals surface area contributed by atoms with E-state index in [9.17, 15) is 4.79 Å². The molecule has 0 radical (unpaired) electrons. The van der Waals surface area contributed by atoms with E-state index in [2.05, 4.69) is 15.4 Å². The van der Waals surface area contributed by atoms with Crippen molar-refractivity contribution in [3.05, 3.63) is 24.0 Å². The fourth-order valence-corrected chi connectivity index (χ4v) is 3.27. The summed E-state index contributed by atoms with van der Waals surface area (Å²) in [6.07, 6.45) is 4.38. The Balaban J connectivity index is 1.78. The van der Waals surface area contributed by atoms with Crippen molar-refractivity contribution in [1.29, 1.82) is 0 Å². The number of nitrogens with one attached hydrogen (secondary N) is 1. The summed E-state index contributed by atoms with van der Waals surface area (Å²) in [5.41, 5.74) is 1.00. The van der Waals surface area contributed by atoms with E-state index < -0.39 is 0 Å². The molecular formula is C19H28N4O3. The van der Waals surface area contributed by atoms with Crippen LogP contribution in [0.4, 0.5) is 0 Å². The van der Waals surface area contributed by atoms with Gasteiger partial charge in [-0.2, -0.15) is 5.10 Å². The van der Waals surface area contributed by atoms with Gasteiger partial charge in [0.25, 0.3) is 5.91 Å². The largest absolute Gasteiger partial charge is 0.396 e. The number of nitrogens with zero attached hydrogens (tertiary/aromatic N) is 3. The average molecular weight is 360 g/mol. The molecule has 0 spiro atoms. The molecule has 1 saturated heterocycles. The molecule has 2 N–H and O–H groups in total. The molecule has 1 aliphatic heterocycles. The first-order valence-corrected chi connectivity index (χ1v) is 9.28. The van der Waals surface area contributed by atoms with Crippen molar-refractivity contribution in [2.24, 2.45) is 11.3 Å². The molecule has 0 aliphatic carbocycles. The van der Waals surface area contributed by atoms with Crippen LogP contribution in [0.15, 0.2) is 18.3 Å². The Morgan fingerprint density at radius 2 is 2.19 bits per heavy atom. The molecule has 0 unspecified atom stereocenters. The van der Waals surface area contributed by atoms with Crippen LogP contribution in [0.1, 0.15) is 43.6 Å². The van der Waals surface area contributed by atoms with E-state index in [0.29, 0.717) is 24.6 Å². The topological polar surface area (TPSA) is 89.3 Å². The van der Waals surface area contributed by atoms with Crippen LogP contribution in [0, 0.1) is 11.3 Å². The summed E-state index contributed by atoms with van der Waals surface area (Å²) >= 11 is 0. The van der Waals surface area contributed by atoms with Crippen LogP contribution in [0.2, 0.25) is 0 Å². The van der Waals surface area contributed by atoms with Crippen LogP contribution in [0.3, 0.4) is 0 Å². The van der Waals surface area contributed by atoms with Crippen LogP contribution in [0.5, 0.6) is 0 Å². The Labute approximate surface area is 153 Å². The van der Waals surface area contributed by atoms with Crippen molar-refractivity contribution in [2.75, 3.05) is 26.4 Å². The lowest BCUT2D eigenvalue weighted by Crippen LogP contribution is -2.35. The third-order valence-corrected chi connectivity index (χ3v) is 5.01. The fourth-order valence-electron chi connectivity index (χ4n) is 3.27. The summed E-state index contributed by atoms with van der Waals surface area (Å²) in [5, 5.41) is 17.5. The zero-order valence-electron chi connectivity index (χ0n) is 15.6. The number of aliphatic hydroxyl groups is 1. The van der Waals surface area contributed by atoms with E-state index in [4.69, 9.17) is 9.84 Å². The van der Waals surface area contributed by atoms with Gasteiger partial charge in [-0.1, -0.05) is 13.8 Å². The highest BCUT2D eigenvalue weighted by atomic mass is 16.5. The van der Waals surface area contributed by atoms with Crippen molar-refractivity contribution in [1.82, 2.24) is 20.1 Å². The summed E-state index contributed by atoms with van der Waals surface area (Å²) in [5.74, 6) is 0.299. The van der Waals surface area contributed by atoms with Gasteiger partial charge in [0.15, 0.2) is 11.3 Å². The second-order valence-electron chi connectivity index (χ2n) is 7.78. The smallest absolute Gasteiger partial charge is 0.272 e. The third kappa shape index (κ3) is 4.40. The van der Waals surface area contributed by atoms with Gasteiger partial charge in [0.05, 0.1) is 5.39 Å². The van der Waals surface area contributed by atoms with Crippen LogP contribution < -0.4 is 5.32 Å². The second-order valence-corrected chi connectivity index (χ2v) is 7.78. The Morgan fingerprint density at radius 3 is 2.92 bits per heavy atom. The number of carbonyl (C=O) groups is 1. The number of ether oxygens (including phenoxy) is 1. The van der Waals surface area contributed by atoms with Crippen molar-refractivity contribution < 1.29 is 14.6 Å². The predicted octanol–water partition coefficient (Wildman–Crippen LogP) is 2.00. The maximum Gasteiger partial charge on any atom is 0.272 e. The highest BCUT2D eigenvalue weighted by Crippen LogP contribution is 2.22. The number of amides is 1. The van der Waals surface area contributed by atoms with Crippen LogP contribution in [-0.4, -0.2) is 52.1 Å². The van der Waals surface area contributed by atoms with Crippen molar-refractivity contribution in [3.8, 4) is 0 Å². The summed E-state index contributed by atoms with van der Waals surface area (Å²) in [6.45, 7) is 6.95. The number of rotatable bonds is 7. The summed E-state index contributed by atoms with van der Waals surface area (Å²) in [4.78, 5) is 17.2. The maximum absolute atomic E-state index is 12.7. The molecule has 0 saturated carbocycles. The van der Waals surface area contributed by atoms with Crippen LogP contribution >= 0.6 is 0 Å². The Hall–Kier alpha value is -1.99. The Bertz CT molecular complexity index is 750. The minimum Gasteiger partial charge on any atom is -0.396 e. The molecular weight excluding hydrogens is 332 g/mol. The van der Waals surface area contributed by atoms with Gasteiger partial charge in [-0.05, 0) is 42.7 Å². The number of aromatic nitrogens is 3. The SMILES string of the molecule is CC(C)(CCO)CNC(=O)c1nn(CC2CCOCC2)c2ncccc12. The molecule has 7 nitrogen and oxygen atoms in total. The lowest BCUT2D eigenvalue weighted by molar-refractivity contribution is 0.0604. The second kappa shape index (κ2) is 8.14. The van der Waals surface area contributed by atoms with E-state index in [-0.39, 0.29) is 17.9 Å². The third-order valence-electron chi connectivity index (χ3n) is 5.01. The van der Waals surface area contributed by atoms with Gasteiger partial charge in [0.1, 0.15) is 0 Å². The zero-order chi connectivity index (χ0) is 18.6. The molecule has 0 atom stereocenters. The van der Waals surface area contributed by atoms with Crippen molar-refractivity contribution in [2.45, 2.75) is 39.7 Å². The minimum absolute atomic E-state index is 0.107. The highest BCUT2D eigenvalue weighted by Gasteiger charge is 2.23. The van der Waals surface area contributed by atoms with E-state index in [1.165, 1.54) is 0 Å². The van der Waals surface area contributed by atoms with Gasteiger partial charge in [-0.3, -0.25) is 4.79 Å². The minimum atomic E-state index is -0.195. The molecule has 0 bridgehead atoms. The van der Waals surface area contributed by atoms with Gasteiger partial charge in [-0.15, -0.1) is 0 Å². The number of aliphatic hydroxyl groups excluding tert-OH is 1. The van der Waals surface area contributed by atoms with Gasteiger partial charge < -0.3 is 15.2 Å². The first-order valence-electron chi connectivity index (χ1n) is 9.28. The standard InChI is InChI=1S/C19H28N4O3/c1-19(2,7-9-24)13-21-18(25)16-15-4-3-8-20-17(15)23(22-16)12-14-5-10-26-11-6-14/h3-4,8,14,24H,5-7,9-13H2,1-2H3,(H,21,25). The molecule has 1 amide bonds. The Kier molecular flexibility index (Phi) is 5.88. The highest BCUT2D eigenvalue weighted by molar-refractivity contribution is 6.03. The average Bonchev–Trinajstić information content (AvgIpc) is 2.99. The molecule has 7 heteroatoms. The summed E-state index contributed by atoms with van der Waals surface area (Å²) in [6, 6.07) is 3.72. The van der Waals surface area contributed by atoms with Gasteiger partial charge in [0, 0.05) is 39.1 Å². The molecule has 3 rings (SSSR count). The quantitative estimate of drug-likeness (QED) is 0.788. The van der Waals surface area contributed by atoms with Gasteiger partial charge in [-0.25, -0.2) is 9.67 Å². The van der Waals surface area contributed by atoms with Crippen LogP contribution in [0.25, 0.3) is 11.0 Å². The number of carbonyl (C=O) groups excluding carboxylic acids is 1. The molecule has 2 aromatic rings. The molecule has 3 heterocycles. The van der Waals surface area contributed by atoms with Crippen molar-refractivity contribution >= 4 is 16.9 Å². The lowest BCUT2D eigenvalue weighted by Gasteiger charge is -2.23. The summed E-state index contributed by atoms with van der Waals surface area (Å²) in [7, 11) is 0. The molecule has 1 fully saturated rings. The molecule has 1 aliphatic rings. The monoisotopic (exact) mass is 360 g/mol. The number of pyridine rings is 1. The first-order chi connectivity index (χ1) is 12.5. The van der Waals surface area contributed by atoms with E-state index >= 15 is 0 Å². The number of hydrogen-bond acceptors (Lipinski definition) is 5. The normalized spacial score (nSPS) is 16.1.